The number of H-pyrrole nitrogens is 2. The van der Waals surface area contributed by atoms with Crippen molar-refractivity contribution in [2.24, 2.45) is 0 Å². The van der Waals surface area contributed by atoms with Gasteiger partial charge in [0.25, 0.3) is 0 Å². The molecule has 2 N–H and O–H groups in total. The molecule has 4 nitrogen and oxygen atoms in total. The Kier molecular flexibility index (Phi) is 3.71. The van der Waals surface area contributed by atoms with Crippen molar-refractivity contribution in [3.8, 4) is 0 Å². The third-order valence-electron chi connectivity index (χ3n) is 2.39. The molecule has 1 heterocycles. The highest BCUT2D eigenvalue weighted by molar-refractivity contribution is 7.71. The maximum Gasteiger partial charge on any atom is 0.342 e. The summed E-state index contributed by atoms with van der Waals surface area (Å²) in [6.07, 6.45) is 0.616. The van der Waals surface area contributed by atoms with E-state index in [-0.39, 0.29) is 5.69 Å². The van der Waals surface area contributed by atoms with Crippen LogP contribution in [0, 0.1) is 4.77 Å². The smallest absolute Gasteiger partial charge is 0.272 e. The summed E-state index contributed by atoms with van der Waals surface area (Å²) in [5.41, 5.74) is 0.679. The third kappa shape index (κ3) is 2.80. The predicted octanol–water partition coefficient (Wildman–Crippen LogP) is 2.78. The molecule has 7 heteroatoms. The first-order valence-corrected chi connectivity index (χ1v) is 6.06. The highest BCUT2D eigenvalue weighted by Gasteiger charge is 2.04. The zero-order chi connectivity index (χ0) is 12.4. The Labute approximate surface area is 112 Å². The van der Waals surface area contributed by atoms with Gasteiger partial charge in [-0.25, -0.2) is 9.89 Å². The Morgan fingerprint density at radius 3 is 2.65 bits per heavy atom. The quantitative estimate of drug-likeness (QED) is 0.854. The molecule has 17 heavy (non-hydrogen) atoms. The summed E-state index contributed by atoms with van der Waals surface area (Å²) in [4.78, 5) is 11.4. The Morgan fingerprint density at radius 2 is 2.06 bits per heavy atom. The zero-order valence-corrected chi connectivity index (χ0v) is 11.0. The van der Waals surface area contributed by atoms with Gasteiger partial charge in [0, 0.05) is 16.6 Å². The van der Waals surface area contributed by atoms with Crippen LogP contribution in [0.1, 0.15) is 5.56 Å². The second-order valence-electron chi connectivity index (χ2n) is 3.50. The number of aromatic nitrogens is 3. The summed E-state index contributed by atoms with van der Waals surface area (Å²) < 4.78 is 1.82. The second-order valence-corrected chi connectivity index (χ2v) is 4.73. The molecular weight excluding hydrogens is 281 g/mol. The molecule has 0 atom stereocenters. The van der Waals surface area contributed by atoms with Gasteiger partial charge in [0.1, 0.15) is 0 Å². The van der Waals surface area contributed by atoms with Gasteiger partial charge in [-0.15, -0.1) is 0 Å². The van der Waals surface area contributed by atoms with Crippen molar-refractivity contribution in [1.82, 2.24) is 14.8 Å². The van der Waals surface area contributed by atoms with Gasteiger partial charge in [0.2, 0.25) is 0 Å². The van der Waals surface area contributed by atoms with E-state index < -0.39 is 0 Å². The van der Waals surface area contributed by atoms with Crippen LogP contribution in [-0.4, -0.2) is 14.8 Å². The lowest BCUT2D eigenvalue weighted by atomic mass is 10.1. The fourth-order valence-electron chi connectivity index (χ4n) is 1.49. The number of hydrogen-bond donors (Lipinski definition) is 2. The van der Waals surface area contributed by atoms with E-state index in [0.717, 1.165) is 5.56 Å². The van der Waals surface area contributed by atoms with Crippen molar-refractivity contribution >= 4 is 35.4 Å². The van der Waals surface area contributed by atoms with E-state index in [2.05, 4.69) is 10.2 Å². The van der Waals surface area contributed by atoms with Gasteiger partial charge in [-0.3, -0.25) is 9.67 Å². The molecule has 0 aliphatic carbocycles. The summed E-state index contributed by atoms with van der Waals surface area (Å²) in [7, 11) is 0. The van der Waals surface area contributed by atoms with Gasteiger partial charge in [-0.05, 0) is 36.3 Å². The van der Waals surface area contributed by atoms with E-state index in [1.807, 2.05) is 6.07 Å². The molecule has 0 bridgehead atoms. The van der Waals surface area contributed by atoms with Crippen molar-refractivity contribution in [3.05, 3.63) is 49.1 Å². The minimum atomic E-state index is -0.250. The molecule has 2 aromatic rings. The number of rotatable bonds is 3. The van der Waals surface area contributed by atoms with E-state index in [9.17, 15) is 4.79 Å². The number of hydrogen-bond acceptors (Lipinski definition) is 2. The molecule has 0 aliphatic rings. The fourth-order valence-corrected chi connectivity index (χ4v) is 2.22. The molecule has 0 saturated carbocycles. The van der Waals surface area contributed by atoms with Crippen molar-refractivity contribution in [1.29, 1.82) is 0 Å². The minimum Gasteiger partial charge on any atom is -0.272 e. The average Bonchev–Trinajstić information content (AvgIpc) is 2.58. The highest BCUT2D eigenvalue weighted by Crippen LogP contribution is 2.21. The van der Waals surface area contributed by atoms with Crippen LogP contribution in [0.2, 0.25) is 10.0 Å². The maximum absolute atomic E-state index is 11.4. The number of aromatic amines is 2. The molecule has 0 radical (unpaired) electrons. The van der Waals surface area contributed by atoms with Gasteiger partial charge >= 0.3 is 5.69 Å². The maximum atomic E-state index is 11.4. The summed E-state index contributed by atoms with van der Waals surface area (Å²) in [6, 6.07) is 5.29. The van der Waals surface area contributed by atoms with Crippen LogP contribution in [0.5, 0.6) is 0 Å². The number of nitrogens with zero attached hydrogens (tertiary/aromatic N) is 1. The molecule has 0 unspecified atom stereocenters. The van der Waals surface area contributed by atoms with Gasteiger partial charge in [0.05, 0.1) is 0 Å². The van der Waals surface area contributed by atoms with Gasteiger partial charge in [0.15, 0.2) is 4.77 Å². The van der Waals surface area contributed by atoms with E-state index in [1.54, 1.807) is 12.1 Å². The summed E-state index contributed by atoms with van der Waals surface area (Å²) >= 11 is 16.8. The number of halogens is 2. The van der Waals surface area contributed by atoms with Crippen molar-refractivity contribution in [3.63, 3.8) is 0 Å². The van der Waals surface area contributed by atoms with E-state index in [4.69, 9.17) is 35.4 Å². The lowest BCUT2D eigenvalue weighted by Crippen LogP contribution is -2.18. The van der Waals surface area contributed by atoms with Crippen molar-refractivity contribution in [2.75, 3.05) is 0 Å². The molecule has 2 rings (SSSR count). The average molecular weight is 290 g/mol. The summed E-state index contributed by atoms with van der Waals surface area (Å²) in [6.45, 7) is 0.471. The topological polar surface area (TPSA) is 53.6 Å². The fraction of sp³-hybridized carbons (Fsp3) is 0.200. The van der Waals surface area contributed by atoms with Crippen LogP contribution in [0.3, 0.4) is 0 Å². The van der Waals surface area contributed by atoms with E-state index in [0.29, 0.717) is 27.8 Å². The summed E-state index contributed by atoms with van der Waals surface area (Å²) in [5.74, 6) is 0. The van der Waals surface area contributed by atoms with Gasteiger partial charge in [-0.2, -0.15) is 0 Å². The van der Waals surface area contributed by atoms with Crippen LogP contribution in [0.15, 0.2) is 23.0 Å². The number of nitrogens with one attached hydrogen (secondary N) is 2. The molecule has 1 aromatic heterocycles. The van der Waals surface area contributed by atoms with E-state index >= 15 is 0 Å². The van der Waals surface area contributed by atoms with Crippen molar-refractivity contribution < 1.29 is 0 Å². The van der Waals surface area contributed by atoms with Crippen LogP contribution >= 0.6 is 35.4 Å². The lowest BCUT2D eigenvalue weighted by Gasteiger charge is -2.04. The predicted molar refractivity (Wildman–Crippen MR) is 70.4 cm³/mol. The number of benzene rings is 1. The van der Waals surface area contributed by atoms with Crippen molar-refractivity contribution in [2.45, 2.75) is 13.0 Å². The Bertz CT molecular complexity index is 616. The molecule has 0 aliphatic heterocycles. The Balaban J connectivity index is 2.18. The van der Waals surface area contributed by atoms with Crippen LogP contribution < -0.4 is 5.69 Å². The van der Waals surface area contributed by atoms with Gasteiger partial charge in [-0.1, -0.05) is 29.3 Å². The van der Waals surface area contributed by atoms with Crippen LogP contribution in [0.4, 0.5) is 0 Å². The SMILES string of the molecule is O=c1[nH][nH]c(=S)n1CCc1ccc(Cl)cc1Cl. The van der Waals surface area contributed by atoms with E-state index in [1.165, 1.54) is 4.57 Å². The molecular formula is C10H9Cl2N3OS. The first kappa shape index (κ1) is 12.4. The second kappa shape index (κ2) is 5.08. The Morgan fingerprint density at radius 1 is 1.29 bits per heavy atom. The normalized spacial score (nSPS) is 10.7. The van der Waals surface area contributed by atoms with Gasteiger partial charge < -0.3 is 0 Å². The molecule has 0 spiro atoms. The molecule has 0 fully saturated rings. The largest absolute Gasteiger partial charge is 0.342 e. The first-order valence-electron chi connectivity index (χ1n) is 4.89. The highest BCUT2D eigenvalue weighted by atomic mass is 35.5. The Hall–Kier alpha value is -1.04. The van der Waals surface area contributed by atoms with Crippen LogP contribution in [0.25, 0.3) is 0 Å². The standard InChI is InChI=1S/C10H9Cl2N3OS/c11-7-2-1-6(8(12)5-7)3-4-15-9(16)13-14-10(15)17/h1-2,5H,3-4H2,(H,13,16)(H,14,17). The van der Waals surface area contributed by atoms with Crippen LogP contribution in [-0.2, 0) is 13.0 Å². The third-order valence-corrected chi connectivity index (χ3v) is 3.30. The number of aryl methyl sites for hydroxylation is 1. The molecule has 1 aromatic carbocycles. The first-order chi connectivity index (χ1) is 8.08. The molecule has 0 saturated heterocycles. The molecule has 0 amide bonds. The monoisotopic (exact) mass is 289 g/mol. The minimum absolute atomic E-state index is 0.250. The lowest BCUT2D eigenvalue weighted by molar-refractivity contribution is 0.663. The summed E-state index contributed by atoms with van der Waals surface area (Å²) in [5, 5.41) is 6.19. The molecule has 90 valence electrons. The zero-order valence-electron chi connectivity index (χ0n) is 8.67.